The van der Waals surface area contributed by atoms with E-state index in [1.54, 1.807) is 17.0 Å². The minimum absolute atomic E-state index is 0.0843. The smallest absolute Gasteiger partial charge is 0.297 e. The number of nitrogens with zero attached hydrogens (tertiary/aromatic N) is 2. The summed E-state index contributed by atoms with van der Waals surface area (Å²) < 4.78 is 3.14. The van der Waals surface area contributed by atoms with Crippen molar-refractivity contribution in [3.63, 3.8) is 0 Å². The predicted octanol–water partition coefficient (Wildman–Crippen LogP) is 1.21. The highest BCUT2D eigenvalue weighted by atomic mass is 16.2. The van der Waals surface area contributed by atoms with E-state index in [4.69, 9.17) is 0 Å². The van der Waals surface area contributed by atoms with Crippen molar-refractivity contribution < 1.29 is 4.79 Å². The number of ketones is 1. The van der Waals surface area contributed by atoms with E-state index in [1.807, 2.05) is 13.8 Å². The van der Waals surface area contributed by atoms with E-state index < -0.39 is 0 Å². The summed E-state index contributed by atoms with van der Waals surface area (Å²) in [6, 6.07) is 0.148. The van der Waals surface area contributed by atoms with Crippen LogP contribution in [0.2, 0.25) is 0 Å². The molecule has 4 heteroatoms. The third-order valence-electron chi connectivity index (χ3n) is 2.79. The fourth-order valence-corrected chi connectivity index (χ4v) is 1.64. The van der Waals surface area contributed by atoms with Crippen molar-refractivity contribution in [3.05, 3.63) is 22.9 Å². The molecule has 0 amide bonds. The van der Waals surface area contributed by atoms with Crippen LogP contribution < -0.4 is 5.69 Å². The normalized spacial score (nSPS) is 15.9. The molecule has 0 aromatic carbocycles. The van der Waals surface area contributed by atoms with Crippen LogP contribution in [0.5, 0.6) is 0 Å². The molecule has 1 aliphatic rings. The fourth-order valence-electron chi connectivity index (χ4n) is 1.64. The second kappa shape index (κ2) is 3.68. The zero-order valence-corrected chi connectivity index (χ0v) is 9.14. The van der Waals surface area contributed by atoms with Crippen LogP contribution in [0.4, 0.5) is 0 Å². The number of hydrogen-bond acceptors (Lipinski definition) is 2. The number of rotatable bonds is 4. The fraction of sp³-hybridized carbons (Fsp3) is 0.636. The van der Waals surface area contributed by atoms with Crippen LogP contribution in [0.25, 0.3) is 0 Å². The molecule has 1 aromatic heterocycles. The van der Waals surface area contributed by atoms with E-state index in [2.05, 4.69) is 0 Å². The summed E-state index contributed by atoms with van der Waals surface area (Å²) >= 11 is 0. The summed E-state index contributed by atoms with van der Waals surface area (Å²) in [6.07, 6.45) is 5.44. The molecule has 0 unspecified atom stereocenters. The molecular weight excluding hydrogens is 192 g/mol. The molecule has 0 saturated heterocycles. The minimum atomic E-state index is -0.0843. The molecule has 1 aliphatic carbocycles. The summed E-state index contributed by atoms with van der Waals surface area (Å²) in [6.45, 7) is 4.14. The first-order valence-corrected chi connectivity index (χ1v) is 5.39. The summed E-state index contributed by atoms with van der Waals surface area (Å²) in [5.41, 5.74) is -0.0843. The molecule has 0 N–H and O–H groups in total. The number of imidazole rings is 1. The van der Waals surface area contributed by atoms with Crippen molar-refractivity contribution >= 4 is 5.78 Å². The Morgan fingerprint density at radius 2 is 2.13 bits per heavy atom. The molecule has 4 nitrogen and oxygen atoms in total. The van der Waals surface area contributed by atoms with Gasteiger partial charge in [0.1, 0.15) is 0 Å². The first kappa shape index (κ1) is 10.2. The molecule has 15 heavy (non-hydrogen) atoms. The van der Waals surface area contributed by atoms with Crippen molar-refractivity contribution in [1.29, 1.82) is 0 Å². The van der Waals surface area contributed by atoms with Crippen molar-refractivity contribution in [2.75, 3.05) is 0 Å². The Labute approximate surface area is 88.5 Å². The van der Waals surface area contributed by atoms with Crippen molar-refractivity contribution in [2.45, 2.75) is 39.3 Å². The van der Waals surface area contributed by atoms with Crippen LogP contribution in [0, 0.1) is 5.92 Å². The highest BCUT2D eigenvalue weighted by Crippen LogP contribution is 2.30. The van der Waals surface area contributed by atoms with E-state index in [0.717, 1.165) is 12.8 Å². The predicted molar refractivity (Wildman–Crippen MR) is 56.8 cm³/mol. The van der Waals surface area contributed by atoms with E-state index in [-0.39, 0.29) is 30.0 Å². The lowest BCUT2D eigenvalue weighted by molar-refractivity contribution is -0.120. The molecule has 0 radical (unpaired) electrons. The third kappa shape index (κ3) is 2.03. The van der Waals surface area contributed by atoms with Crippen molar-refractivity contribution in [1.82, 2.24) is 9.13 Å². The Balaban J connectivity index is 2.15. The quantitative estimate of drug-likeness (QED) is 0.746. The Bertz CT molecular complexity index is 424. The summed E-state index contributed by atoms with van der Waals surface area (Å²) in [4.78, 5) is 23.3. The van der Waals surface area contributed by atoms with Crippen molar-refractivity contribution in [3.8, 4) is 0 Å². The van der Waals surface area contributed by atoms with Gasteiger partial charge in [-0.15, -0.1) is 0 Å². The van der Waals surface area contributed by atoms with Gasteiger partial charge in [-0.3, -0.25) is 13.9 Å². The first-order chi connectivity index (χ1) is 7.09. The van der Waals surface area contributed by atoms with Gasteiger partial charge >= 0.3 is 5.69 Å². The summed E-state index contributed by atoms with van der Waals surface area (Å²) in [5.74, 6) is 0.415. The Hall–Kier alpha value is -1.32. The second-order valence-electron chi connectivity index (χ2n) is 4.45. The minimum Gasteiger partial charge on any atom is -0.297 e. The number of carbonyl (C=O) groups is 1. The molecule has 1 fully saturated rings. The summed E-state index contributed by atoms with van der Waals surface area (Å²) in [5, 5.41) is 0. The second-order valence-corrected chi connectivity index (χ2v) is 4.45. The van der Waals surface area contributed by atoms with E-state index >= 15 is 0 Å². The van der Waals surface area contributed by atoms with E-state index in [0.29, 0.717) is 0 Å². The standard InChI is InChI=1S/C11H16N2O2/c1-8(2)13-6-5-12(11(13)15)7-10(14)9-3-4-9/h5-6,8-9H,3-4,7H2,1-2H3. The van der Waals surface area contributed by atoms with Gasteiger partial charge in [0.25, 0.3) is 0 Å². The van der Waals surface area contributed by atoms with Crippen LogP contribution in [0.3, 0.4) is 0 Å². The number of aromatic nitrogens is 2. The third-order valence-corrected chi connectivity index (χ3v) is 2.79. The molecular formula is C11H16N2O2. The van der Waals surface area contributed by atoms with Gasteiger partial charge in [-0.2, -0.15) is 0 Å². The van der Waals surface area contributed by atoms with Gasteiger partial charge in [-0.25, -0.2) is 4.79 Å². The highest BCUT2D eigenvalue weighted by Gasteiger charge is 2.29. The van der Waals surface area contributed by atoms with Gasteiger partial charge in [-0.05, 0) is 26.7 Å². The molecule has 82 valence electrons. The number of carbonyl (C=O) groups excluding carboxylic acids is 1. The van der Waals surface area contributed by atoms with E-state index in [9.17, 15) is 9.59 Å². The van der Waals surface area contributed by atoms with Gasteiger partial charge in [-0.1, -0.05) is 0 Å². The maximum absolute atomic E-state index is 11.8. The SMILES string of the molecule is CC(C)n1ccn(CC(=O)C2CC2)c1=O. The lowest BCUT2D eigenvalue weighted by atomic mass is 10.3. The molecule has 0 spiro atoms. The Morgan fingerprint density at radius 1 is 1.47 bits per heavy atom. The zero-order chi connectivity index (χ0) is 11.0. The van der Waals surface area contributed by atoms with Crippen LogP contribution >= 0.6 is 0 Å². The maximum Gasteiger partial charge on any atom is 0.328 e. The highest BCUT2D eigenvalue weighted by molar-refractivity contribution is 5.82. The van der Waals surface area contributed by atoms with Crippen molar-refractivity contribution in [2.24, 2.45) is 5.92 Å². The van der Waals surface area contributed by atoms with E-state index in [1.165, 1.54) is 4.57 Å². The Morgan fingerprint density at radius 3 is 2.60 bits per heavy atom. The summed E-state index contributed by atoms with van der Waals surface area (Å²) in [7, 11) is 0. The van der Waals surface area contributed by atoms with Crippen LogP contribution in [0.15, 0.2) is 17.2 Å². The van der Waals surface area contributed by atoms with Gasteiger partial charge in [0.05, 0.1) is 6.54 Å². The van der Waals surface area contributed by atoms with Crippen LogP contribution in [-0.2, 0) is 11.3 Å². The first-order valence-electron chi connectivity index (χ1n) is 5.39. The largest absolute Gasteiger partial charge is 0.328 e. The Kier molecular flexibility index (Phi) is 2.50. The number of hydrogen-bond donors (Lipinski definition) is 0. The van der Waals surface area contributed by atoms with Gasteiger partial charge in [0, 0.05) is 24.4 Å². The molecule has 0 aliphatic heterocycles. The number of Topliss-reactive ketones (excluding diaryl/α,β-unsaturated/α-hetero) is 1. The molecule has 2 rings (SSSR count). The molecule has 1 saturated carbocycles. The maximum atomic E-state index is 11.8. The average molecular weight is 208 g/mol. The average Bonchev–Trinajstić information content (AvgIpc) is 2.94. The lowest BCUT2D eigenvalue weighted by Crippen LogP contribution is -2.28. The lowest BCUT2D eigenvalue weighted by Gasteiger charge is -2.04. The monoisotopic (exact) mass is 208 g/mol. The van der Waals surface area contributed by atoms with Crippen LogP contribution in [0.1, 0.15) is 32.7 Å². The van der Waals surface area contributed by atoms with Gasteiger partial charge in [0.15, 0.2) is 5.78 Å². The van der Waals surface area contributed by atoms with Gasteiger partial charge in [0.2, 0.25) is 0 Å². The molecule has 0 atom stereocenters. The molecule has 1 heterocycles. The molecule has 1 aromatic rings. The van der Waals surface area contributed by atoms with Gasteiger partial charge < -0.3 is 0 Å². The topological polar surface area (TPSA) is 44.0 Å². The van der Waals surface area contributed by atoms with Crippen LogP contribution in [-0.4, -0.2) is 14.9 Å². The molecule has 0 bridgehead atoms. The zero-order valence-electron chi connectivity index (χ0n) is 9.14.